The number of carbonyl (C=O) groups excluding carboxylic acids is 2. The van der Waals surface area contributed by atoms with Crippen LogP contribution < -0.4 is 9.62 Å². The molecule has 0 unspecified atom stereocenters. The van der Waals surface area contributed by atoms with Crippen LogP contribution in [-0.2, 0) is 32.3 Å². The van der Waals surface area contributed by atoms with E-state index < -0.39 is 56.9 Å². The van der Waals surface area contributed by atoms with Crippen molar-refractivity contribution in [1.82, 2.24) is 10.2 Å². The standard InChI is InChI=1S/C31H35ClF3N3O4S/c1-6-22(4)36-30(40)23(5)37(18-24-9-7-8-21(3)16-24)29(39)19-38(43(41,42)26-13-10-20(2)11-14-26)25-12-15-28(32)27(17-25)31(33,34)35/h7-17,22-23H,6,18-19H2,1-5H3,(H,36,40)/t22-,23+/m1/s1. The lowest BCUT2D eigenvalue weighted by molar-refractivity contribution is -0.139. The van der Waals surface area contributed by atoms with Gasteiger partial charge in [-0.1, -0.05) is 66.0 Å². The van der Waals surface area contributed by atoms with E-state index >= 15 is 0 Å². The molecule has 3 aromatic rings. The first-order valence-electron chi connectivity index (χ1n) is 13.7. The zero-order chi connectivity index (χ0) is 32.1. The van der Waals surface area contributed by atoms with Crippen molar-refractivity contribution in [3.05, 3.63) is 94.0 Å². The van der Waals surface area contributed by atoms with Crippen molar-refractivity contribution < 1.29 is 31.2 Å². The van der Waals surface area contributed by atoms with Gasteiger partial charge in [0.05, 0.1) is 21.2 Å². The molecule has 0 fully saturated rings. The number of carbonyl (C=O) groups is 2. The minimum Gasteiger partial charge on any atom is -0.352 e. The predicted octanol–water partition coefficient (Wildman–Crippen LogP) is 6.50. The maximum Gasteiger partial charge on any atom is 0.417 e. The maximum atomic E-state index is 14.0. The van der Waals surface area contributed by atoms with Crippen molar-refractivity contribution >= 4 is 39.1 Å². The molecule has 43 heavy (non-hydrogen) atoms. The number of benzene rings is 3. The average molecular weight is 638 g/mol. The highest BCUT2D eigenvalue weighted by molar-refractivity contribution is 7.92. The number of anilines is 1. The smallest absolute Gasteiger partial charge is 0.352 e. The van der Waals surface area contributed by atoms with Crippen molar-refractivity contribution in [2.45, 2.75) is 70.7 Å². The summed E-state index contributed by atoms with van der Waals surface area (Å²) in [5, 5.41) is 2.22. The van der Waals surface area contributed by atoms with Crippen molar-refractivity contribution in [2.75, 3.05) is 10.8 Å². The fraction of sp³-hybridized carbons (Fsp3) is 0.355. The van der Waals surface area contributed by atoms with E-state index in [1.165, 1.54) is 24.0 Å². The van der Waals surface area contributed by atoms with Gasteiger partial charge in [0.15, 0.2) is 0 Å². The molecule has 0 aliphatic rings. The highest BCUT2D eigenvalue weighted by Gasteiger charge is 2.37. The van der Waals surface area contributed by atoms with Gasteiger partial charge in [-0.3, -0.25) is 13.9 Å². The van der Waals surface area contributed by atoms with E-state index in [1.807, 2.05) is 32.9 Å². The Morgan fingerprint density at radius 1 is 0.953 bits per heavy atom. The fourth-order valence-corrected chi connectivity index (χ4v) is 5.94. The van der Waals surface area contributed by atoms with Crippen molar-refractivity contribution in [2.24, 2.45) is 0 Å². The first-order chi connectivity index (χ1) is 20.0. The van der Waals surface area contributed by atoms with E-state index in [9.17, 15) is 31.2 Å². The van der Waals surface area contributed by atoms with Crippen LogP contribution in [0.5, 0.6) is 0 Å². The van der Waals surface area contributed by atoms with Gasteiger partial charge in [0.25, 0.3) is 10.0 Å². The second kappa shape index (κ2) is 13.8. The van der Waals surface area contributed by atoms with Crippen LogP contribution in [0.15, 0.2) is 71.6 Å². The molecule has 2 amide bonds. The van der Waals surface area contributed by atoms with Crippen LogP contribution in [0.4, 0.5) is 18.9 Å². The van der Waals surface area contributed by atoms with Gasteiger partial charge in [-0.15, -0.1) is 0 Å². The van der Waals surface area contributed by atoms with Crippen LogP contribution >= 0.6 is 11.6 Å². The lowest BCUT2D eigenvalue weighted by Gasteiger charge is -2.32. The van der Waals surface area contributed by atoms with Crippen molar-refractivity contribution in [3.8, 4) is 0 Å². The molecule has 1 N–H and O–H groups in total. The Balaban J connectivity index is 2.12. The summed E-state index contributed by atoms with van der Waals surface area (Å²) >= 11 is 5.82. The molecule has 0 aromatic heterocycles. The van der Waals surface area contributed by atoms with Gasteiger partial charge in [-0.2, -0.15) is 13.2 Å². The summed E-state index contributed by atoms with van der Waals surface area (Å²) in [5.41, 5.74) is 0.707. The maximum absolute atomic E-state index is 14.0. The highest BCUT2D eigenvalue weighted by Crippen LogP contribution is 2.38. The molecule has 0 radical (unpaired) electrons. The van der Waals surface area contributed by atoms with E-state index in [2.05, 4.69) is 5.32 Å². The summed E-state index contributed by atoms with van der Waals surface area (Å²) in [7, 11) is -4.55. The van der Waals surface area contributed by atoms with Gasteiger partial charge >= 0.3 is 6.18 Å². The second-order valence-corrected chi connectivity index (χ2v) is 12.8. The molecule has 3 rings (SSSR count). The Hall–Kier alpha value is -3.57. The van der Waals surface area contributed by atoms with Gasteiger partial charge in [0, 0.05) is 12.6 Å². The summed E-state index contributed by atoms with van der Waals surface area (Å²) in [4.78, 5) is 28.1. The number of amides is 2. The number of sulfonamides is 1. The van der Waals surface area contributed by atoms with E-state index in [0.29, 0.717) is 22.4 Å². The SMILES string of the molecule is CC[C@@H](C)NC(=O)[C@H](C)N(Cc1cccc(C)c1)C(=O)CN(c1ccc(Cl)c(C(F)(F)F)c1)S(=O)(=O)c1ccc(C)cc1. The lowest BCUT2D eigenvalue weighted by Crippen LogP contribution is -2.52. The number of rotatable bonds is 11. The molecule has 0 aliphatic carbocycles. The summed E-state index contributed by atoms with van der Waals surface area (Å²) in [6, 6.07) is 14.4. The molecule has 3 aromatic carbocycles. The molecular weight excluding hydrogens is 603 g/mol. The van der Waals surface area contributed by atoms with Crippen LogP contribution in [0.25, 0.3) is 0 Å². The third-order valence-electron chi connectivity index (χ3n) is 7.03. The van der Waals surface area contributed by atoms with Gasteiger partial charge in [0.2, 0.25) is 11.8 Å². The Morgan fingerprint density at radius 3 is 2.19 bits per heavy atom. The van der Waals surface area contributed by atoms with Gasteiger partial charge < -0.3 is 10.2 Å². The fourth-order valence-electron chi connectivity index (χ4n) is 4.31. The molecule has 0 saturated heterocycles. The predicted molar refractivity (Wildman–Crippen MR) is 161 cm³/mol. The molecule has 0 heterocycles. The van der Waals surface area contributed by atoms with E-state index in [4.69, 9.17) is 11.6 Å². The Bertz CT molecular complexity index is 1560. The van der Waals surface area contributed by atoms with Crippen LogP contribution in [0.1, 0.15) is 49.4 Å². The third kappa shape index (κ3) is 8.51. The molecule has 0 bridgehead atoms. The van der Waals surface area contributed by atoms with Crippen molar-refractivity contribution in [3.63, 3.8) is 0 Å². The minimum absolute atomic E-state index is 0.0392. The molecule has 12 heteroatoms. The monoisotopic (exact) mass is 637 g/mol. The first kappa shape index (κ1) is 33.9. The van der Waals surface area contributed by atoms with E-state index in [0.717, 1.165) is 23.3 Å². The summed E-state index contributed by atoms with van der Waals surface area (Å²) in [6.45, 7) is 7.93. The largest absolute Gasteiger partial charge is 0.417 e. The number of alkyl halides is 3. The highest BCUT2D eigenvalue weighted by atomic mass is 35.5. The molecule has 0 aliphatic heterocycles. The van der Waals surface area contributed by atoms with Gasteiger partial charge in [-0.25, -0.2) is 8.42 Å². The third-order valence-corrected chi connectivity index (χ3v) is 9.15. The molecule has 232 valence electrons. The Morgan fingerprint density at radius 2 is 1.60 bits per heavy atom. The van der Waals surface area contributed by atoms with Gasteiger partial charge in [0.1, 0.15) is 12.6 Å². The van der Waals surface area contributed by atoms with Crippen molar-refractivity contribution in [1.29, 1.82) is 0 Å². The molecule has 0 spiro atoms. The van der Waals surface area contributed by atoms with E-state index in [1.54, 1.807) is 31.2 Å². The van der Waals surface area contributed by atoms with Crippen LogP contribution in [-0.4, -0.2) is 43.8 Å². The normalized spacial score (nSPS) is 13.2. The van der Waals surface area contributed by atoms with E-state index in [-0.39, 0.29) is 17.5 Å². The Labute approximate surface area is 255 Å². The number of aryl methyl sites for hydroxylation is 2. The average Bonchev–Trinajstić information content (AvgIpc) is 2.94. The quantitative estimate of drug-likeness (QED) is 0.260. The topological polar surface area (TPSA) is 86.8 Å². The van der Waals surface area contributed by atoms with Crippen LogP contribution in [0.2, 0.25) is 5.02 Å². The summed E-state index contributed by atoms with van der Waals surface area (Å²) in [6.07, 6.45) is -4.23. The van der Waals surface area contributed by atoms with Crippen LogP contribution in [0, 0.1) is 13.8 Å². The van der Waals surface area contributed by atoms with Crippen LogP contribution in [0.3, 0.4) is 0 Å². The molecule has 7 nitrogen and oxygen atoms in total. The number of nitrogens with one attached hydrogen (secondary N) is 1. The lowest BCUT2D eigenvalue weighted by atomic mass is 10.1. The number of hydrogen-bond acceptors (Lipinski definition) is 4. The Kier molecular flexibility index (Phi) is 10.9. The molecular formula is C31H35ClF3N3O4S. The number of nitrogens with zero attached hydrogens (tertiary/aromatic N) is 2. The summed E-state index contributed by atoms with van der Waals surface area (Å²) < 4.78 is 69.8. The number of halogens is 4. The molecule has 0 saturated carbocycles. The zero-order valence-corrected chi connectivity index (χ0v) is 26.1. The first-order valence-corrected chi connectivity index (χ1v) is 15.5. The minimum atomic E-state index is -4.88. The second-order valence-electron chi connectivity index (χ2n) is 10.5. The zero-order valence-electron chi connectivity index (χ0n) is 24.6. The number of hydrogen-bond donors (Lipinski definition) is 1. The molecule has 2 atom stereocenters. The van der Waals surface area contributed by atoms with Gasteiger partial charge in [-0.05, 0) is 70.0 Å². The summed E-state index contributed by atoms with van der Waals surface area (Å²) in [5.74, 6) is -1.23.